The maximum Gasteiger partial charge on any atom is 0.311 e. The zero-order valence-electron chi connectivity index (χ0n) is 9.35. The second-order valence-electron chi connectivity index (χ2n) is 3.76. The average Bonchev–Trinajstić information content (AvgIpc) is 2.30. The summed E-state index contributed by atoms with van der Waals surface area (Å²) in [5.74, 6) is -3.21. The first-order valence-electron chi connectivity index (χ1n) is 5.18. The first-order chi connectivity index (χ1) is 8.51. The van der Waals surface area contributed by atoms with Gasteiger partial charge in [0.1, 0.15) is 0 Å². The number of aliphatic carboxylic acids is 2. The van der Waals surface area contributed by atoms with Crippen LogP contribution in [-0.2, 0) is 9.59 Å². The number of rotatable bonds is 6. The molecule has 1 aromatic rings. The fraction of sp³-hybridized carbons (Fsp3) is 0.333. The van der Waals surface area contributed by atoms with E-state index in [9.17, 15) is 9.59 Å². The highest BCUT2D eigenvalue weighted by Crippen LogP contribution is 2.25. The van der Waals surface area contributed by atoms with Gasteiger partial charge in [-0.1, -0.05) is 56.1 Å². The molecule has 0 saturated heterocycles. The van der Waals surface area contributed by atoms with Crippen molar-refractivity contribution >= 4 is 43.8 Å². The zero-order chi connectivity index (χ0) is 13.7. The van der Waals surface area contributed by atoms with E-state index in [-0.39, 0.29) is 10.7 Å². The van der Waals surface area contributed by atoms with Crippen molar-refractivity contribution in [2.24, 2.45) is 0 Å². The molecule has 0 spiro atoms. The molecule has 2 unspecified atom stereocenters. The molecule has 98 valence electrons. The molecule has 2 atom stereocenters. The third-order valence-electron chi connectivity index (χ3n) is 2.62. The fourth-order valence-electron chi connectivity index (χ4n) is 1.59. The minimum absolute atomic E-state index is 0.290. The Hall–Kier alpha value is -0.880. The molecule has 0 bridgehead atoms. The number of carboxylic acids is 2. The smallest absolute Gasteiger partial charge is 0.311 e. The first kappa shape index (κ1) is 15.2. The molecule has 0 aliphatic rings. The lowest BCUT2D eigenvalue weighted by atomic mass is 9.94. The van der Waals surface area contributed by atoms with Crippen LogP contribution in [0.3, 0.4) is 0 Å². The number of halogens is 2. The minimum Gasteiger partial charge on any atom is -0.481 e. The molecule has 2 N–H and O–H groups in total. The van der Waals surface area contributed by atoms with Crippen molar-refractivity contribution in [2.45, 2.75) is 11.8 Å². The second-order valence-corrected chi connectivity index (χ2v) is 5.06. The van der Waals surface area contributed by atoms with E-state index in [2.05, 4.69) is 31.9 Å². The first-order valence-corrected chi connectivity index (χ1v) is 7.43. The highest BCUT2D eigenvalue weighted by Gasteiger charge is 2.22. The molecule has 6 heteroatoms. The molecule has 0 amide bonds. The summed E-state index contributed by atoms with van der Waals surface area (Å²) in [6.45, 7) is 0. The zero-order valence-corrected chi connectivity index (χ0v) is 12.5. The van der Waals surface area contributed by atoms with Gasteiger partial charge in [0.15, 0.2) is 0 Å². The second kappa shape index (κ2) is 6.89. The van der Waals surface area contributed by atoms with Gasteiger partial charge < -0.3 is 10.2 Å². The lowest BCUT2D eigenvalue weighted by Gasteiger charge is -2.14. The summed E-state index contributed by atoms with van der Waals surface area (Å²) in [6, 6.07) is 6.70. The molecule has 0 aromatic heterocycles. The van der Waals surface area contributed by atoms with Gasteiger partial charge in [-0.25, -0.2) is 0 Å². The standard InChI is InChI=1S/C12H12Br2O4/c13-5-9(11(15)16)7-2-1-3-8(4-7)10(6-14)12(17)18/h1-4,9-10H,5-6H2,(H,15,16)(H,17,18). The number of hydrogen-bond acceptors (Lipinski definition) is 2. The van der Waals surface area contributed by atoms with Crippen LogP contribution in [0, 0.1) is 0 Å². The summed E-state index contributed by atoms with van der Waals surface area (Å²) in [5.41, 5.74) is 1.20. The van der Waals surface area contributed by atoms with Crippen molar-refractivity contribution in [2.75, 3.05) is 10.7 Å². The maximum atomic E-state index is 11.1. The molecular weight excluding hydrogens is 368 g/mol. The number of carbonyl (C=O) groups is 2. The van der Waals surface area contributed by atoms with Crippen LogP contribution in [0.4, 0.5) is 0 Å². The predicted molar refractivity (Wildman–Crippen MR) is 74.8 cm³/mol. The van der Waals surface area contributed by atoms with Gasteiger partial charge in [0.25, 0.3) is 0 Å². The summed E-state index contributed by atoms with van der Waals surface area (Å²) in [5, 5.41) is 18.7. The van der Waals surface area contributed by atoms with Crippen LogP contribution in [0.5, 0.6) is 0 Å². The van der Waals surface area contributed by atoms with E-state index < -0.39 is 23.8 Å². The Morgan fingerprint density at radius 2 is 1.39 bits per heavy atom. The molecule has 0 saturated carbocycles. The van der Waals surface area contributed by atoms with E-state index in [0.29, 0.717) is 11.1 Å². The Bertz CT molecular complexity index is 410. The van der Waals surface area contributed by atoms with Gasteiger partial charge in [-0.15, -0.1) is 0 Å². The van der Waals surface area contributed by atoms with E-state index in [1.807, 2.05) is 0 Å². The number of hydrogen-bond donors (Lipinski definition) is 2. The van der Waals surface area contributed by atoms with E-state index >= 15 is 0 Å². The Labute approximate surface area is 121 Å². The molecule has 4 nitrogen and oxygen atoms in total. The highest BCUT2D eigenvalue weighted by atomic mass is 79.9. The number of alkyl halides is 2. The largest absolute Gasteiger partial charge is 0.481 e. The van der Waals surface area contributed by atoms with Crippen LogP contribution in [0.1, 0.15) is 23.0 Å². The van der Waals surface area contributed by atoms with Gasteiger partial charge in [0, 0.05) is 10.7 Å². The molecule has 0 fully saturated rings. The predicted octanol–water partition coefficient (Wildman–Crippen LogP) is 2.81. The van der Waals surface area contributed by atoms with Crippen LogP contribution >= 0.6 is 31.9 Å². The van der Waals surface area contributed by atoms with Gasteiger partial charge in [0.05, 0.1) is 11.8 Å². The quantitative estimate of drug-likeness (QED) is 0.745. The van der Waals surface area contributed by atoms with Crippen molar-refractivity contribution in [3.05, 3.63) is 35.4 Å². The molecule has 0 aliphatic carbocycles. The third-order valence-corrected chi connectivity index (χ3v) is 3.92. The summed E-state index contributed by atoms with van der Waals surface area (Å²) < 4.78 is 0. The lowest BCUT2D eigenvalue weighted by molar-refractivity contribution is -0.139. The van der Waals surface area contributed by atoms with Gasteiger partial charge in [-0.3, -0.25) is 9.59 Å². The lowest BCUT2D eigenvalue weighted by Crippen LogP contribution is -2.16. The minimum atomic E-state index is -0.935. The fourth-order valence-corrected chi connectivity index (χ4v) is 2.89. The molecule has 18 heavy (non-hydrogen) atoms. The van der Waals surface area contributed by atoms with Gasteiger partial charge in [-0.05, 0) is 11.1 Å². The number of benzene rings is 1. The molecule has 1 rings (SSSR count). The Morgan fingerprint density at radius 1 is 1.00 bits per heavy atom. The van der Waals surface area contributed by atoms with Crippen molar-refractivity contribution in [1.82, 2.24) is 0 Å². The van der Waals surface area contributed by atoms with Crippen LogP contribution in [0.25, 0.3) is 0 Å². The molecular formula is C12H12Br2O4. The topological polar surface area (TPSA) is 74.6 Å². The SMILES string of the molecule is O=C(O)C(CBr)c1cccc(C(CBr)C(=O)O)c1. The van der Waals surface area contributed by atoms with Crippen LogP contribution in [0.2, 0.25) is 0 Å². The molecule has 0 aliphatic heterocycles. The van der Waals surface area contributed by atoms with Crippen LogP contribution in [-0.4, -0.2) is 32.8 Å². The maximum absolute atomic E-state index is 11.1. The molecule has 1 aromatic carbocycles. The Kier molecular flexibility index (Phi) is 5.81. The normalized spacial score (nSPS) is 13.9. The van der Waals surface area contributed by atoms with Gasteiger partial charge in [-0.2, -0.15) is 0 Å². The summed E-state index contributed by atoms with van der Waals surface area (Å²) in [7, 11) is 0. The molecule has 0 heterocycles. The molecule has 0 radical (unpaired) electrons. The van der Waals surface area contributed by atoms with Gasteiger partial charge >= 0.3 is 11.9 Å². The van der Waals surface area contributed by atoms with Gasteiger partial charge in [0.2, 0.25) is 0 Å². The number of carboxylic acid groups (broad SMARTS) is 2. The Balaban J connectivity index is 3.12. The average molecular weight is 380 g/mol. The van der Waals surface area contributed by atoms with E-state index in [1.54, 1.807) is 24.3 Å². The summed E-state index contributed by atoms with van der Waals surface area (Å²) in [6.07, 6.45) is 0. The summed E-state index contributed by atoms with van der Waals surface area (Å²) >= 11 is 6.31. The van der Waals surface area contributed by atoms with E-state index in [1.165, 1.54) is 0 Å². The van der Waals surface area contributed by atoms with E-state index in [0.717, 1.165) is 0 Å². The Morgan fingerprint density at radius 3 is 1.67 bits per heavy atom. The van der Waals surface area contributed by atoms with E-state index in [4.69, 9.17) is 10.2 Å². The van der Waals surface area contributed by atoms with Crippen molar-refractivity contribution in [3.63, 3.8) is 0 Å². The van der Waals surface area contributed by atoms with Crippen molar-refractivity contribution < 1.29 is 19.8 Å². The van der Waals surface area contributed by atoms with Crippen molar-refractivity contribution in [1.29, 1.82) is 0 Å². The van der Waals surface area contributed by atoms with Crippen LogP contribution < -0.4 is 0 Å². The summed E-state index contributed by atoms with van der Waals surface area (Å²) in [4.78, 5) is 22.1. The highest BCUT2D eigenvalue weighted by molar-refractivity contribution is 9.09. The monoisotopic (exact) mass is 378 g/mol. The third kappa shape index (κ3) is 3.55. The van der Waals surface area contributed by atoms with Crippen molar-refractivity contribution in [3.8, 4) is 0 Å². The van der Waals surface area contributed by atoms with Crippen LogP contribution in [0.15, 0.2) is 24.3 Å².